The van der Waals surface area contributed by atoms with Gasteiger partial charge >= 0.3 is 6.03 Å². The van der Waals surface area contributed by atoms with Gasteiger partial charge in [0.2, 0.25) is 0 Å². The summed E-state index contributed by atoms with van der Waals surface area (Å²) in [5.74, 6) is 1.44. The first-order valence-electron chi connectivity index (χ1n) is 9.93. The van der Waals surface area contributed by atoms with Crippen molar-refractivity contribution in [1.29, 1.82) is 0 Å². The number of unbranched alkanes of at least 4 members (excludes halogenated alkanes) is 1. The van der Waals surface area contributed by atoms with E-state index in [0.717, 1.165) is 49.5 Å². The fourth-order valence-electron chi connectivity index (χ4n) is 3.35. The number of carbonyl (C=O) groups excluding carboxylic acids is 1. The van der Waals surface area contributed by atoms with E-state index in [0.29, 0.717) is 12.5 Å². The molecule has 1 saturated carbocycles. The highest BCUT2D eigenvalue weighted by Gasteiger charge is 2.31. The van der Waals surface area contributed by atoms with Gasteiger partial charge in [0.15, 0.2) is 0 Å². The lowest BCUT2D eigenvalue weighted by Gasteiger charge is -2.17. The van der Waals surface area contributed by atoms with Crippen LogP contribution in [0.2, 0.25) is 0 Å². The van der Waals surface area contributed by atoms with E-state index in [-0.39, 0.29) is 12.1 Å². The van der Waals surface area contributed by atoms with E-state index in [1.54, 1.807) is 0 Å². The minimum atomic E-state index is -0.0697. The first-order valence-corrected chi connectivity index (χ1v) is 9.93. The van der Waals surface area contributed by atoms with E-state index in [4.69, 9.17) is 4.74 Å². The Bertz CT molecular complexity index is 769. The monoisotopic (exact) mass is 369 g/mol. The molecule has 7 nitrogen and oxygen atoms in total. The van der Waals surface area contributed by atoms with Crippen LogP contribution < -0.4 is 10.1 Å². The van der Waals surface area contributed by atoms with Crippen molar-refractivity contribution in [2.24, 2.45) is 0 Å². The van der Waals surface area contributed by atoms with Gasteiger partial charge in [0.25, 0.3) is 0 Å². The molecule has 2 aromatic rings. The Morgan fingerprint density at radius 1 is 1.26 bits per heavy atom. The number of carbonyl (C=O) groups is 1. The van der Waals surface area contributed by atoms with Gasteiger partial charge in [-0.05, 0) is 49.9 Å². The van der Waals surface area contributed by atoms with Gasteiger partial charge in [-0.2, -0.15) is 0 Å². The van der Waals surface area contributed by atoms with Crippen molar-refractivity contribution in [2.75, 3.05) is 25.0 Å². The number of likely N-dealkylation sites (tertiary alicyclic amines) is 1. The van der Waals surface area contributed by atoms with Crippen molar-refractivity contribution in [3.8, 4) is 5.75 Å². The van der Waals surface area contributed by atoms with Gasteiger partial charge in [-0.1, -0.05) is 18.6 Å². The fraction of sp³-hybridized carbons (Fsp3) is 0.550. The summed E-state index contributed by atoms with van der Waals surface area (Å²) in [6.45, 7) is 4.26. The van der Waals surface area contributed by atoms with Gasteiger partial charge in [-0.25, -0.2) is 9.48 Å². The third kappa shape index (κ3) is 4.40. The maximum atomic E-state index is 12.5. The first-order chi connectivity index (χ1) is 13.2. The lowest BCUT2D eigenvalue weighted by Crippen LogP contribution is -2.33. The van der Waals surface area contributed by atoms with Gasteiger partial charge in [-0.3, -0.25) is 0 Å². The Hall–Kier alpha value is -2.57. The van der Waals surface area contributed by atoms with E-state index in [1.807, 2.05) is 33.8 Å². The molecule has 1 N–H and O–H groups in total. The molecule has 2 aliphatic rings. The number of nitrogens with zero attached hydrogens (tertiary/aromatic N) is 4. The summed E-state index contributed by atoms with van der Waals surface area (Å²) in [7, 11) is 0. The highest BCUT2D eigenvalue weighted by Crippen LogP contribution is 2.39. The Balaban J connectivity index is 1.28. The van der Waals surface area contributed by atoms with Gasteiger partial charge in [0.05, 0.1) is 18.3 Å². The largest absolute Gasteiger partial charge is 0.494 e. The summed E-state index contributed by atoms with van der Waals surface area (Å²) < 4.78 is 7.59. The SMILES string of the molecule is CCCCOc1ccc(NC(=O)N2CCC(n3cc(C4CC4)nn3)C2)cc1. The van der Waals surface area contributed by atoms with Crippen molar-refractivity contribution in [1.82, 2.24) is 19.9 Å². The highest BCUT2D eigenvalue weighted by molar-refractivity contribution is 5.89. The molecule has 4 rings (SSSR count). The number of ether oxygens (including phenoxy) is 1. The molecular formula is C20H27N5O2. The van der Waals surface area contributed by atoms with Crippen LogP contribution >= 0.6 is 0 Å². The van der Waals surface area contributed by atoms with Gasteiger partial charge in [-0.15, -0.1) is 5.10 Å². The molecule has 1 aromatic carbocycles. The van der Waals surface area contributed by atoms with Crippen molar-refractivity contribution in [2.45, 2.75) is 51.0 Å². The van der Waals surface area contributed by atoms with E-state index in [9.17, 15) is 4.79 Å². The molecule has 2 amide bonds. The molecule has 27 heavy (non-hydrogen) atoms. The molecule has 0 spiro atoms. The van der Waals surface area contributed by atoms with Gasteiger partial charge in [0, 0.05) is 30.9 Å². The third-order valence-corrected chi connectivity index (χ3v) is 5.22. The summed E-state index contributed by atoms with van der Waals surface area (Å²) in [6.07, 6.45) is 7.57. The molecule has 1 aliphatic carbocycles. The van der Waals surface area contributed by atoms with Crippen LogP contribution in [0.15, 0.2) is 30.5 Å². The summed E-state index contributed by atoms with van der Waals surface area (Å²) in [5, 5.41) is 11.5. The number of hydrogen-bond acceptors (Lipinski definition) is 4. The number of anilines is 1. The first kappa shape index (κ1) is 17.8. The molecule has 1 saturated heterocycles. The van der Waals surface area contributed by atoms with Crippen molar-refractivity contribution >= 4 is 11.7 Å². The van der Waals surface area contributed by atoms with E-state index >= 15 is 0 Å². The highest BCUT2D eigenvalue weighted by atomic mass is 16.5. The summed E-state index contributed by atoms with van der Waals surface area (Å²) in [4.78, 5) is 14.4. The van der Waals surface area contributed by atoms with Crippen molar-refractivity contribution in [3.63, 3.8) is 0 Å². The number of aromatic nitrogens is 3. The van der Waals surface area contributed by atoms with Crippen LogP contribution in [0.5, 0.6) is 5.75 Å². The molecule has 7 heteroatoms. The van der Waals surface area contributed by atoms with Crippen LogP contribution in [0.25, 0.3) is 0 Å². The molecule has 1 aromatic heterocycles. The Kier molecular flexibility index (Phi) is 5.27. The van der Waals surface area contributed by atoms with Crippen LogP contribution in [0, 0.1) is 0 Å². The summed E-state index contributed by atoms with van der Waals surface area (Å²) >= 11 is 0. The molecule has 1 unspecified atom stereocenters. The van der Waals surface area contributed by atoms with Gasteiger partial charge in [0.1, 0.15) is 5.75 Å². The summed E-state index contributed by atoms with van der Waals surface area (Å²) in [5.41, 5.74) is 1.88. The number of amides is 2. The van der Waals surface area contributed by atoms with Crippen molar-refractivity contribution in [3.05, 3.63) is 36.2 Å². The molecule has 144 valence electrons. The quantitative estimate of drug-likeness (QED) is 0.753. The average Bonchev–Trinajstić information content (AvgIpc) is 3.20. The second kappa shape index (κ2) is 7.98. The van der Waals surface area contributed by atoms with Gasteiger partial charge < -0.3 is 15.0 Å². The maximum absolute atomic E-state index is 12.5. The Labute approximate surface area is 159 Å². The number of benzene rings is 1. The van der Waals surface area contributed by atoms with Crippen LogP contribution in [-0.4, -0.2) is 45.6 Å². The lowest BCUT2D eigenvalue weighted by atomic mass is 10.2. The number of nitrogens with one attached hydrogen (secondary N) is 1. The molecule has 1 atom stereocenters. The summed E-state index contributed by atoms with van der Waals surface area (Å²) in [6, 6.07) is 7.70. The second-order valence-electron chi connectivity index (χ2n) is 7.44. The van der Waals surface area contributed by atoms with E-state index in [1.165, 1.54) is 12.8 Å². The Morgan fingerprint density at radius 3 is 2.81 bits per heavy atom. The standard InChI is InChI=1S/C20H27N5O2/c1-2-3-12-27-18-8-6-16(7-9-18)21-20(26)24-11-10-17(13-24)25-14-19(22-23-25)15-4-5-15/h6-9,14-15,17H,2-5,10-13H2,1H3,(H,21,26). The predicted octanol–water partition coefficient (Wildman–Crippen LogP) is 3.81. The number of rotatable bonds is 7. The molecule has 0 radical (unpaired) electrons. The maximum Gasteiger partial charge on any atom is 0.321 e. The zero-order valence-electron chi connectivity index (χ0n) is 15.8. The third-order valence-electron chi connectivity index (χ3n) is 5.22. The zero-order valence-corrected chi connectivity index (χ0v) is 15.8. The fourth-order valence-corrected chi connectivity index (χ4v) is 3.35. The molecule has 2 fully saturated rings. The average molecular weight is 369 g/mol. The normalized spacial score (nSPS) is 19.3. The van der Waals surface area contributed by atoms with Crippen LogP contribution in [-0.2, 0) is 0 Å². The minimum absolute atomic E-state index is 0.0697. The predicted molar refractivity (Wildman–Crippen MR) is 103 cm³/mol. The zero-order chi connectivity index (χ0) is 18.6. The van der Waals surface area contributed by atoms with Crippen LogP contribution in [0.3, 0.4) is 0 Å². The molecule has 0 bridgehead atoms. The molecular weight excluding hydrogens is 342 g/mol. The lowest BCUT2D eigenvalue weighted by molar-refractivity contribution is 0.220. The topological polar surface area (TPSA) is 72.3 Å². The molecule has 2 heterocycles. The van der Waals surface area contributed by atoms with E-state index < -0.39 is 0 Å². The van der Waals surface area contributed by atoms with E-state index in [2.05, 4.69) is 28.7 Å². The molecule has 1 aliphatic heterocycles. The second-order valence-corrected chi connectivity index (χ2v) is 7.44. The van der Waals surface area contributed by atoms with Crippen LogP contribution in [0.1, 0.15) is 56.7 Å². The van der Waals surface area contributed by atoms with Crippen molar-refractivity contribution < 1.29 is 9.53 Å². The number of hydrogen-bond donors (Lipinski definition) is 1. The minimum Gasteiger partial charge on any atom is -0.494 e. The smallest absolute Gasteiger partial charge is 0.321 e. The van der Waals surface area contributed by atoms with Crippen LogP contribution in [0.4, 0.5) is 10.5 Å². The number of urea groups is 1. The Morgan fingerprint density at radius 2 is 2.07 bits per heavy atom.